The zero-order valence-corrected chi connectivity index (χ0v) is 8.68. The Hall–Kier alpha value is -1.67. The maximum Gasteiger partial charge on any atom is 0.414 e. The summed E-state index contributed by atoms with van der Waals surface area (Å²) >= 11 is 0. The highest BCUT2D eigenvalue weighted by atomic mass is 16.4. The Morgan fingerprint density at radius 1 is 1.06 bits per heavy atom. The molecule has 0 saturated heterocycles. The Morgan fingerprint density at radius 2 is 1.56 bits per heavy atom. The maximum absolute atomic E-state index is 10.2. The fraction of sp³-hybridized carbons (Fsp3) is 0.625. The lowest BCUT2D eigenvalue weighted by atomic mass is 10.4. The molecule has 0 aromatic rings. The number of primary amides is 1. The van der Waals surface area contributed by atoms with Crippen molar-refractivity contribution in [2.24, 2.45) is 5.73 Å². The summed E-state index contributed by atoms with van der Waals surface area (Å²) in [5.74, 6) is -3.94. The molecule has 0 bridgehead atoms. The van der Waals surface area contributed by atoms with Crippen LogP contribution in [0.3, 0.4) is 0 Å². The van der Waals surface area contributed by atoms with E-state index in [0.717, 1.165) is 13.0 Å². The van der Waals surface area contributed by atoms with Gasteiger partial charge in [0.2, 0.25) is 5.91 Å². The van der Waals surface area contributed by atoms with Crippen LogP contribution in [0.2, 0.25) is 0 Å². The molecule has 0 rings (SSSR count). The predicted molar refractivity (Wildman–Crippen MR) is 53.7 cm³/mol. The van der Waals surface area contributed by atoms with Gasteiger partial charge in [-0.2, -0.15) is 0 Å². The van der Waals surface area contributed by atoms with Crippen LogP contribution in [-0.4, -0.2) is 52.9 Å². The smallest absolute Gasteiger partial charge is 0.414 e. The molecule has 0 aliphatic carbocycles. The molecule has 0 unspecified atom stereocenters. The second-order valence-electron chi connectivity index (χ2n) is 2.65. The number of hydrogen-bond acceptors (Lipinski definition) is 5. The van der Waals surface area contributed by atoms with Crippen LogP contribution in [-0.2, 0) is 14.4 Å². The molecule has 0 aromatic carbocycles. The molecule has 0 fully saturated rings. The lowest BCUT2D eigenvalue weighted by Gasteiger charge is -1.99. The van der Waals surface area contributed by atoms with E-state index in [4.69, 9.17) is 30.6 Å². The number of aliphatic hydroxyl groups is 1. The summed E-state index contributed by atoms with van der Waals surface area (Å²) in [4.78, 5) is 28.4. The number of nitrogens with one attached hydrogen (secondary N) is 1. The number of aliphatic hydroxyl groups excluding tert-OH is 1. The molecule has 0 atom stereocenters. The minimum atomic E-state index is -1.82. The molecule has 8 nitrogen and oxygen atoms in total. The van der Waals surface area contributed by atoms with Crippen molar-refractivity contribution in [3.8, 4) is 0 Å². The van der Waals surface area contributed by atoms with Crippen LogP contribution in [0.25, 0.3) is 0 Å². The highest BCUT2D eigenvalue weighted by Crippen LogP contribution is 1.74. The lowest BCUT2D eigenvalue weighted by molar-refractivity contribution is -0.159. The Kier molecular flexibility index (Phi) is 11.9. The SMILES string of the molecule is NC(=O)CCNCCCO.O=C(O)C(=O)O. The highest BCUT2D eigenvalue weighted by molar-refractivity contribution is 6.27. The quantitative estimate of drug-likeness (QED) is 0.264. The van der Waals surface area contributed by atoms with E-state index in [1.807, 2.05) is 0 Å². The molecule has 0 aliphatic rings. The Labute approximate surface area is 92.1 Å². The first-order chi connectivity index (χ1) is 7.41. The third kappa shape index (κ3) is 18.2. The first kappa shape index (κ1) is 16.7. The molecule has 0 radical (unpaired) electrons. The molecule has 94 valence electrons. The molecule has 8 heteroatoms. The van der Waals surface area contributed by atoms with Crippen LogP contribution in [0.15, 0.2) is 0 Å². The summed E-state index contributed by atoms with van der Waals surface area (Å²) in [5.41, 5.74) is 4.88. The average Bonchev–Trinajstić information content (AvgIpc) is 2.18. The van der Waals surface area contributed by atoms with Gasteiger partial charge in [0.1, 0.15) is 0 Å². The molecule has 0 heterocycles. The van der Waals surface area contributed by atoms with E-state index in [2.05, 4.69) is 5.32 Å². The van der Waals surface area contributed by atoms with Crippen LogP contribution in [0.1, 0.15) is 12.8 Å². The van der Waals surface area contributed by atoms with Crippen molar-refractivity contribution in [2.45, 2.75) is 12.8 Å². The number of aliphatic carboxylic acids is 2. The van der Waals surface area contributed by atoms with Crippen LogP contribution in [0.4, 0.5) is 0 Å². The number of carbonyl (C=O) groups is 3. The second kappa shape index (κ2) is 11.4. The van der Waals surface area contributed by atoms with E-state index in [-0.39, 0.29) is 12.5 Å². The monoisotopic (exact) mass is 236 g/mol. The lowest BCUT2D eigenvalue weighted by Crippen LogP contribution is -2.23. The third-order valence-electron chi connectivity index (χ3n) is 1.24. The number of carbonyl (C=O) groups excluding carboxylic acids is 1. The molecule has 16 heavy (non-hydrogen) atoms. The Balaban J connectivity index is 0. The first-order valence-electron chi connectivity index (χ1n) is 4.48. The normalized spacial score (nSPS) is 8.81. The van der Waals surface area contributed by atoms with Gasteiger partial charge in [0, 0.05) is 19.6 Å². The minimum Gasteiger partial charge on any atom is -0.473 e. The van der Waals surface area contributed by atoms with Crippen LogP contribution >= 0.6 is 0 Å². The molecular formula is C8H16N2O6. The fourth-order valence-electron chi connectivity index (χ4n) is 0.541. The maximum atomic E-state index is 10.2. The van der Waals surface area contributed by atoms with Crippen LogP contribution in [0, 0.1) is 0 Å². The Bertz CT molecular complexity index is 219. The standard InChI is InChI=1S/C6H14N2O2.C2H2O4/c7-6(10)2-4-8-3-1-5-9;3-1(4)2(5)6/h8-9H,1-5H2,(H2,7,10);(H,3,4)(H,5,6). The van der Waals surface area contributed by atoms with Gasteiger partial charge < -0.3 is 26.4 Å². The topological polar surface area (TPSA) is 150 Å². The third-order valence-corrected chi connectivity index (χ3v) is 1.24. The van der Waals surface area contributed by atoms with Gasteiger partial charge in [-0.1, -0.05) is 0 Å². The fourth-order valence-corrected chi connectivity index (χ4v) is 0.541. The molecule has 6 N–H and O–H groups in total. The van der Waals surface area contributed by atoms with Crippen molar-refractivity contribution in [1.29, 1.82) is 0 Å². The summed E-state index contributed by atoms with van der Waals surface area (Å²) in [5, 5.41) is 26.1. The number of amides is 1. The number of hydrogen-bond donors (Lipinski definition) is 5. The largest absolute Gasteiger partial charge is 0.473 e. The number of carboxylic acids is 2. The van der Waals surface area contributed by atoms with E-state index < -0.39 is 11.9 Å². The van der Waals surface area contributed by atoms with Crippen molar-refractivity contribution in [3.63, 3.8) is 0 Å². The van der Waals surface area contributed by atoms with Crippen molar-refractivity contribution in [3.05, 3.63) is 0 Å². The van der Waals surface area contributed by atoms with Gasteiger partial charge >= 0.3 is 11.9 Å². The van der Waals surface area contributed by atoms with E-state index in [0.29, 0.717) is 13.0 Å². The van der Waals surface area contributed by atoms with E-state index >= 15 is 0 Å². The number of rotatable bonds is 6. The summed E-state index contributed by atoms with van der Waals surface area (Å²) < 4.78 is 0. The molecule has 0 spiro atoms. The molecular weight excluding hydrogens is 220 g/mol. The van der Waals surface area contributed by atoms with Gasteiger partial charge in [-0.15, -0.1) is 0 Å². The molecule has 0 aliphatic heterocycles. The minimum absolute atomic E-state index is 0.184. The van der Waals surface area contributed by atoms with E-state index in [9.17, 15) is 4.79 Å². The van der Waals surface area contributed by atoms with Crippen LogP contribution < -0.4 is 11.1 Å². The summed E-state index contributed by atoms with van der Waals surface area (Å²) in [6.07, 6.45) is 1.09. The molecule has 0 aromatic heterocycles. The van der Waals surface area contributed by atoms with Crippen molar-refractivity contribution in [2.75, 3.05) is 19.7 Å². The van der Waals surface area contributed by atoms with Gasteiger partial charge in [0.05, 0.1) is 0 Å². The van der Waals surface area contributed by atoms with Crippen molar-refractivity contribution in [1.82, 2.24) is 5.32 Å². The average molecular weight is 236 g/mol. The van der Waals surface area contributed by atoms with E-state index in [1.54, 1.807) is 0 Å². The highest BCUT2D eigenvalue weighted by Gasteiger charge is 2.04. The van der Waals surface area contributed by atoms with Gasteiger partial charge in [-0.25, -0.2) is 9.59 Å². The zero-order valence-electron chi connectivity index (χ0n) is 8.68. The molecule has 1 amide bonds. The van der Waals surface area contributed by atoms with Gasteiger partial charge in [0.25, 0.3) is 0 Å². The van der Waals surface area contributed by atoms with Crippen molar-refractivity contribution < 1.29 is 29.7 Å². The predicted octanol–water partition coefficient (Wildman–Crippen LogP) is -2.01. The second-order valence-corrected chi connectivity index (χ2v) is 2.65. The van der Waals surface area contributed by atoms with Gasteiger partial charge in [-0.05, 0) is 13.0 Å². The molecule has 0 saturated carbocycles. The summed E-state index contributed by atoms with van der Waals surface area (Å²) in [7, 11) is 0. The van der Waals surface area contributed by atoms with E-state index in [1.165, 1.54) is 0 Å². The Morgan fingerprint density at radius 3 is 1.88 bits per heavy atom. The van der Waals surface area contributed by atoms with Crippen molar-refractivity contribution >= 4 is 17.8 Å². The van der Waals surface area contributed by atoms with Gasteiger partial charge in [0.15, 0.2) is 0 Å². The number of nitrogens with two attached hydrogens (primary N) is 1. The number of carboxylic acid groups (broad SMARTS) is 2. The summed E-state index contributed by atoms with van der Waals surface area (Å²) in [6.45, 7) is 1.53. The first-order valence-corrected chi connectivity index (χ1v) is 4.48. The van der Waals surface area contributed by atoms with Crippen LogP contribution in [0.5, 0.6) is 0 Å². The van der Waals surface area contributed by atoms with Gasteiger partial charge in [-0.3, -0.25) is 4.79 Å². The zero-order chi connectivity index (χ0) is 13.0. The summed E-state index contributed by atoms with van der Waals surface area (Å²) in [6, 6.07) is 0.